The Morgan fingerprint density at radius 1 is 1.21 bits per heavy atom. The number of carbonyl (C=O) groups excluding carboxylic acids is 1. The Hall–Kier alpha value is -2.51. The molecule has 6 nitrogen and oxygen atoms in total. The summed E-state index contributed by atoms with van der Waals surface area (Å²) < 4.78 is 7.32. The lowest BCUT2D eigenvalue weighted by Crippen LogP contribution is -2.15. The Bertz CT molecular complexity index is 1020. The number of nitrogens with one attached hydrogen (secondary N) is 1. The molecule has 0 aliphatic carbocycles. The molecule has 3 aromatic rings. The third kappa shape index (κ3) is 4.92. The van der Waals surface area contributed by atoms with Crippen LogP contribution in [0.3, 0.4) is 0 Å². The minimum absolute atomic E-state index is 0.155. The van der Waals surface area contributed by atoms with E-state index in [1.54, 1.807) is 19.2 Å². The fourth-order valence-electron chi connectivity index (χ4n) is 2.84. The summed E-state index contributed by atoms with van der Waals surface area (Å²) in [5.74, 6) is 1.37. The van der Waals surface area contributed by atoms with E-state index in [4.69, 9.17) is 16.3 Å². The zero-order chi connectivity index (χ0) is 21.0. The van der Waals surface area contributed by atoms with Gasteiger partial charge < -0.3 is 14.6 Å². The van der Waals surface area contributed by atoms with Gasteiger partial charge in [0.1, 0.15) is 5.75 Å². The molecule has 1 heterocycles. The van der Waals surface area contributed by atoms with Crippen molar-refractivity contribution < 1.29 is 9.53 Å². The molecule has 3 rings (SSSR count). The lowest BCUT2D eigenvalue weighted by atomic mass is 10.1. The number of hydrogen-bond donors (Lipinski definition) is 1. The Balaban J connectivity index is 1.71. The van der Waals surface area contributed by atoms with E-state index in [0.29, 0.717) is 28.2 Å². The lowest BCUT2D eigenvalue weighted by Gasteiger charge is -2.12. The molecule has 0 aliphatic rings. The van der Waals surface area contributed by atoms with Gasteiger partial charge in [0.2, 0.25) is 5.91 Å². The van der Waals surface area contributed by atoms with Gasteiger partial charge in [0, 0.05) is 23.2 Å². The third-order valence-corrected chi connectivity index (χ3v) is 5.80. The van der Waals surface area contributed by atoms with Gasteiger partial charge in [-0.2, -0.15) is 0 Å². The van der Waals surface area contributed by atoms with E-state index >= 15 is 0 Å². The quantitative estimate of drug-likeness (QED) is 0.535. The van der Waals surface area contributed by atoms with E-state index in [1.807, 2.05) is 49.6 Å². The number of aryl methyl sites for hydroxylation is 2. The SMILES string of the molecule is CCn1c(SCC(=O)Nc2cc(C)c(Cl)cc2OC)nnc1-c1ccc(C)cc1. The summed E-state index contributed by atoms with van der Waals surface area (Å²) in [4.78, 5) is 12.5. The van der Waals surface area contributed by atoms with Crippen molar-refractivity contribution in [2.45, 2.75) is 32.5 Å². The zero-order valence-electron chi connectivity index (χ0n) is 16.8. The van der Waals surface area contributed by atoms with E-state index in [0.717, 1.165) is 17.0 Å². The normalized spacial score (nSPS) is 10.8. The molecule has 2 aromatic carbocycles. The number of thioether (sulfide) groups is 1. The van der Waals surface area contributed by atoms with E-state index in [-0.39, 0.29) is 11.7 Å². The molecule has 0 radical (unpaired) electrons. The van der Waals surface area contributed by atoms with E-state index < -0.39 is 0 Å². The minimum Gasteiger partial charge on any atom is -0.495 e. The van der Waals surface area contributed by atoms with Crippen LogP contribution in [0.15, 0.2) is 41.6 Å². The van der Waals surface area contributed by atoms with Crippen molar-refractivity contribution in [1.29, 1.82) is 0 Å². The summed E-state index contributed by atoms with van der Waals surface area (Å²) in [7, 11) is 1.54. The number of amides is 1. The van der Waals surface area contributed by atoms with Crippen molar-refractivity contribution in [3.05, 3.63) is 52.5 Å². The number of benzene rings is 2. The Kier molecular flexibility index (Phi) is 6.82. The molecule has 29 heavy (non-hydrogen) atoms. The number of aromatic nitrogens is 3. The van der Waals surface area contributed by atoms with Crippen LogP contribution < -0.4 is 10.1 Å². The molecule has 0 bridgehead atoms. The van der Waals surface area contributed by atoms with E-state index in [9.17, 15) is 4.79 Å². The van der Waals surface area contributed by atoms with Crippen molar-refractivity contribution in [1.82, 2.24) is 14.8 Å². The smallest absolute Gasteiger partial charge is 0.234 e. The predicted molar refractivity (Wildman–Crippen MR) is 118 cm³/mol. The van der Waals surface area contributed by atoms with Crippen LogP contribution in [0.2, 0.25) is 5.02 Å². The average molecular weight is 431 g/mol. The summed E-state index contributed by atoms with van der Waals surface area (Å²) >= 11 is 7.47. The van der Waals surface area contributed by atoms with Crippen molar-refractivity contribution >= 4 is 35.0 Å². The molecule has 0 unspecified atom stereocenters. The van der Waals surface area contributed by atoms with Gasteiger partial charge in [-0.25, -0.2) is 0 Å². The van der Waals surface area contributed by atoms with Crippen LogP contribution in [0.25, 0.3) is 11.4 Å². The van der Waals surface area contributed by atoms with Gasteiger partial charge in [-0.05, 0) is 32.4 Å². The predicted octanol–water partition coefficient (Wildman–Crippen LogP) is 4.97. The summed E-state index contributed by atoms with van der Waals surface area (Å²) in [5.41, 5.74) is 3.65. The monoisotopic (exact) mass is 430 g/mol. The van der Waals surface area contributed by atoms with Crippen LogP contribution >= 0.6 is 23.4 Å². The second kappa shape index (κ2) is 9.33. The van der Waals surface area contributed by atoms with Crippen LogP contribution in [0.4, 0.5) is 5.69 Å². The first-order chi connectivity index (χ1) is 13.9. The van der Waals surface area contributed by atoms with Gasteiger partial charge in [-0.3, -0.25) is 4.79 Å². The second-order valence-corrected chi connectivity index (χ2v) is 7.90. The molecule has 0 fully saturated rings. The number of halogens is 1. The van der Waals surface area contributed by atoms with Crippen LogP contribution in [-0.2, 0) is 11.3 Å². The highest BCUT2D eigenvalue weighted by Gasteiger charge is 2.16. The highest BCUT2D eigenvalue weighted by molar-refractivity contribution is 7.99. The largest absolute Gasteiger partial charge is 0.495 e. The first kappa shape index (κ1) is 21.2. The average Bonchev–Trinajstić information content (AvgIpc) is 3.12. The van der Waals surface area contributed by atoms with Gasteiger partial charge in [0.05, 0.1) is 18.6 Å². The number of anilines is 1. The number of nitrogens with zero attached hydrogens (tertiary/aromatic N) is 3. The van der Waals surface area contributed by atoms with E-state index in [1.165, 1.54) is 17.3 Å². The van der Waals surface area contributed by atoms with Crippen LogP contribution in [-0.4, -0.2) is 33.5 Å². The van der Waals surface area contributed by atoms with Gasteiger partial charge in [-0.15, -0.1) is 10.2 Å². The molecule has 8 heteroatoms. The molecular weight excluding hydrogens is 408 g/mol. The number of carbonyl (C=O) groups is 1. The molecule has 152 valence electrons. The standard InChI is InChI=1S/C21H23ClN4O2S/c1-5-26-20(15-8-6-13(2)7-9-15)24-25-21(26)29-12-19(27)23-17-10-14(3)16(22)11-18(17)28-4/h6-11H,5,12H2,1-4H3,(H,23,27). The summed E-state index contributed by atoms with van der Waals surface area (Å²) in [5, 5.41) is 12.8. The number of ether oxygens (including phenoxy) is 1. The second-order valence-electron chi connectivity index (χ2n) is 6.55. The first-order valence-electron chi connectivity index (χ1n) is 9.20. The first-order valence-corrected chi connectivity index (χ1v) is 10.6. The number of rotatable bonds is 7. The van der Waals surface area contributed by atoms with Crippen LogP contribution in [0.1, 0.15) is 18.1 Å². The highest BCUT2D eigenvalue weighted by Crippen LogP contribution is 2.31. The molecule has 0 saturated carbocycles. The zero-order valence-corrected chi connectivity index (χ0v) is 18.4. The fourth-order valence-corrected chi connectivity index (χ4v) is 3.80. The summed E-state index contributed by atoms with van der Waals surface area (Å²) in [6.07, 6.45) is 0. The molecule has 0 aliphatic heterocycles. The Labute approximate surface area is 179 Å². The highest BCUT2D eigenvalue weighted by atomic mass is 35.5. The molecule has 1 N–H and O–H groups in total. The maximum Gasteiger partial charge on any atom is 0.234 e. The minimum atomic E-state index is -0.155. The van der Waals surface area contributed by atoms with Gasteiger partial charge in [-0.1, -0.05) is 53.2 Å². The van der Waals surface area contributed by atoms with Crippen LogP contribution in [0.5, 0.6) is 5.75 Å². The molecular formula is C21H23ClN4O2S. The van der Waals surface area contributed by atoms with Crippen LogP contribution in [0, 0.1) is 13.8 Å². The van der Waals surface area contributed by atoms with Gasteiger partial charge in [0.25, 0.3) is 0 Å². The van der Waals surface area contributed by atoms with Crippen molar-refractivity contribution in [3.63, 3.8) is 0 Å². The molecule has 1 aromatic heterocycles. The molecule has 0 atom stereocenters. The van der Waals surface area contributed by atoms with Crippen molar-refractivity contribution in [3.8, 4) is 17.1 Å². The summed E-state index contributed by atoms with van der Waals surface area (Å²) in [6.45, 7) is 6.67. The maximum absolute atomic E-state index is 12.5. The maximum atomic E-state index is 12.5. The number of methoxy groups -OCH3 is 1. The van der Waals surface area contributed by atoms with Crippen molar-refractivity contribution in [2.75, 3.05) is 18.2 Å². The topological polar surface area (TPSA) is 69.0 Å². The lowest BCUT2D eigenvalue weighted by molar-refractivity contribution is -0.113. The third-order valence-electron chi connectivity index (χ3n) is 4.43. The Morgan fingerprint density at radius 2 is 1.93 bits per heavy atom. The molecule has 0 spiro atoms. The van der Waals surface area contributed by atoms with Gasteiger partial charge >= 0.3 is 0 Å². The Morgan fingerprint density at radius 3 is 2.59 bits per heavy atom. The van der Waals surface area contributed by atoms with Crippen molar-refractivity contribution in [2.24, 2.45) is 0 Å². The fraction of sp³-hybridized carbons (Fsp3) is 0.286. The molecule has 1 amide bonds. The van der Waals surface area contributed by atoms with Gasteiger partial charge in [0.15, 0.2) is 11.0 Å². The van der Waals surface area contributed by atoms with E-state index in [2.05, 4.69) is 15.5 Å². The molecule has 0 saturated heterocycles. The summed E-state index contributed by atoms with van der Waals surface area (Å²) in [6, 6.07) is 11.6. The number of hydrogen-bond acceptors (Lipinski definition) is 5.